The molecule has 2 aromatic rings. The predicted molar refractivity (Wildman–Crippen MR) is 120 cm³/mol. The maximum absolute atomic E-state index is 12.4. The van der Waals surface area contributed by atoms with Gasteiger partial charge in [-0.05, 0) is 30.4 Å². The zero-order valence-corrected chi connectivity index (χ0v) is 19.3. The number of fused-ring (bicyclic) bond motifs is 1. The number of nitrogens with zero attached hydrogens (tertiary/aromatic N) is 4. The number of halogens is 1. The van der Waals surface area contributed by atoms with Gasteiger partial charge in [0.25, 0.3) is 6.47 Å². The van der Waals surface area contributed by atoms with E-state index in [9.17, 15) is 4.79 Å². The molecule has 0 saturated carbocycles. The summed E-state index contributed by atoms with van der Waals surface area (Å²) in [5.74, 6) is 1.15. The Balaban J connectivity index is 0.000000858. The van der Waals surface area contributed by atoms with Gasteiger partial charge in [0.15, 0.2) is 0 Å². The van der Waals surface area contributed by atoms with E-state index < -0.39 is 0 Å². The molecule has 0 aliphatic carbocycles. The van der Waals surface area contributed by atoms with Gasteiger partial charge in [-0.25, -0.2) is 0 Å². The molecule has 2 fully saturated rings. The Morgan fingerprint density at radius 2 is 1.97 bits per heavy atom. The molecule has 1 aromatic carbocycles. The molecule has 1 N–H and O–H groups in total. The lowest BCUT2D eigenvalue weighted by atomic mass is 9.87. The van der Waals surface area contributed by atoms with Gasteiger partial charge >= 0.3 is 0 Å². The molecule has 4 rings (SSSR count). The van der Waals surface area contributed by atoms with Gasteiger partial charge in [0, 0.05) is 51.6 Å². The number of carbonyl (C=O) groups excluding carboxylic acids is 1. The van der Waals surface area contributed by atoms with Crippen LogP contribution in [0.15, 0.2) is 24.3 Å². The van der Waals surface area contributed by atoms with Crippen molar-refractivity contribution in [1.29, 1.82) is 0 Å². The van der Waals surface area contributed by atoms with Gasteiger partial charge in [-0.15, -0.1) is 0 Å². The number of aryl methyl sites for hydroxylation is 3. The molecule has 1 amide bonds. The van der Waals surface area contributed by atoms with Crippen LogP contribution in [-0.4, -0.2) is 56.7 Å². The third-order valence-electron chi connectivity index (χ3n) is 6.52. The molecule has 0 spiro atoms. The van der Waals surface area contributed by atoms with E-state index in [1.165, 1.54) is 11.1 Å². The van der Waals surface area contributed by atoms with E-state index in [0.29, 0.717) is 11.8 Å². The Morgan fingerprint density at radius 1 is 1.29 bits per heavy atom. The lowest BCUT2D eigenvalue weighted by molar-refractivity contribution is -0.130. The second-order valence-corrected chi connectivity index (χ2v) is 8.75. The first kappa shape index (κ1) is 23.3. The highest BCUT2D eigenvalue weighted by atomic mass is 35.5. The molecular formula is C23H31ClN4O3. The molecule has 2 aliphatic rings. The molecule has 8 heteroatoms. The Bertz CT molecular complexity index is 945. The van der Waals surface area contributed by atoms with Crippen molar-refractivity contribution in [3.63, 3.8) is 0 Å². The van der Waals surface area contributed by atoms with Crippen LogP contribution < -0.4 is 0 Å². The number of benzene rings is 1. The van der Waals surface area contributed by atoms with Crippen LogP contribution in [0.1, 0.15) is 42.3 Å². The van der Waals surface area contributed by atoms with Crippen LogP contribution in [0, 0.1) is 18.8 Å². The van der Waals surface area contributed by atoms with Crippen LogP contribution in [0.5, 0.6) is 0 Å². The van der Waals surface area contributed by atoms with Crippen LogP contribution in [0.3, 0.4) is 0 Å². The van der Waals surface area contributed by atoms with Crippen LogP contribution in [-0.2, 0) is 29.6 Å². The number of carboxylic acid groups (broad SMARTS) is 1. The third kappa shape index (κ3) is 4.62. The normalized spacial score (nSPS) is 22.7. The van der Waals surface area contributed by atoms with Crippen molar-refractivity contribution >= 4 is 24.0 Å². The summed E-state index contributed by atoms with van der Waals surface area (Å²) in [6.07, 6.45) is 0.889. The van der Waals surface area contributed by atoms with Crippen molar-refractivity contribution in [2.45, 2.75) is 39.8 Å². The fraction of sp³-hybridized carbons (Fsp3) is 0.522. The maximum atomic E-state index is 12.4. The summed E-state index contributed by atoms with van der Waals surface area (Å²) >= 11 is 6.52. The first-order valence-electron chi connectivity index (χ1n) is 10.6. The highest BCUT2D eigenvalue weighted by Gasteiger charge is 2.48. The minimum atomic E-state index is -0.250. The quantitative estimate of drug-likeness (QED) is 0.729. The number of carbonyl (C=O) groups is 2. The SMILES string of the molecule is CCc1nn(C)c(Cl)c1CN1C[C@@H]2CN(C(C)=O)[C@H](c3ccccc3C)[C@@H]2C1.O=CO. The summed E-state index contributed by atoms with van der Waals surface area (Å²) in [6, 6.07) is 8.67. The summed E-state index contributed by atoms with van der Waals surface area (Å²) < 4.78 is 1.78. The highest BCUT2D eigenvalue weighted by molar-refractivity contribution is 6.30. The molecular weight excluding hydrogens is 416 g/mol. The van der Waals surface area contributed by atoms with E-state index in [1.54, 1.807) is 11.6 Å². The smallest absolute Gasteiger partial charge is 0.290 e. The molecule has 0 radical (unpaired) electrons. The van der Waals surface area contributed by atoms with E-state index in [-0.39, 0.29) is 18.4 Å². The van der Waals surface area contributed by atoms with Crippen molar-refractivity contribution in [3.05, 3.63) is 51.8 Å². The maximum Gasteiger partial charge on any atom is 0.290 e. The molecule has 2 saturated heterocycles. The number of hydrogen-bond donors (Lipinski definition) is 1. The summed E-state index contributed by atoms with van der Waals surface area (Å²) in [5.41, 5.74) is 4.80. The Kier molecular flexibility index (Phi) is 7.38. The zero-order chi connectivity index (χ0) is 22.7. The van der Waals surface area contributed by atoms with Gasteiger partial charge < -0.3 is 10.0 Å². The topological polar surface area (TPSA) is 78.7 Å². The fourth-order valence-corrected chi connectivity index (χ4v) is 5.38. The van der Waals surface area contributed by atoms with Gasteiger partial charge in [-0.1, -0.05) is 42.8 Å². The van der Waals surface area contributed by atoms with Crippen LogP contribution in [0.4, 0.5) is 0 Å². The van der Waals surface area contributed by atoms with Crippen LogP contribution >= 0.6 is 11.6 Å². The molecule has 7 nitrogen and oxygen atoms in total. The summed E-state index contributed by atoms with van der Waals surface area (Å²) in [7, 11) is 1.91. The second-order valence-electron chi connectivity index (χ2n) is 8.39. The molecule has 0 bridgehead atoms. The van der Waals surface area contributed by atoms with Crippen molar-refractivity contribution in [2.75, 3.05) is 19.6 Å². The van der Waals surface area contributed by atoms with E-state index in [4.69, 9.17) is 21.5 Å². The summed E-state index contributed by atoms with van der Waals surface area (Å²) in [4.78, 5) is 25.3. The summed E-state index contributed by atoms with van der Waals surface area (Å²) in [6.45, 7) is 9.40. The lowest BCUT2D eigenvalue weighted by Gasteiger charge is -2.30. The lowest BCUT2D eigenvalue weighted by Crippen LogP contribution is -2.34. The van der Waals surface area contributed by atoms with Crippen molar-refractivity contribution in [1.82, 2.24) is 19.6 Å². The average molecular weight is 447 g/mol. The van der Waals surface area contributed by atoms with Gasteiger partial charge in [0.05, 0.1) is 11.7 Å². The summed E-state index contributed by atoms with van der Waals surface area (Å²) in [5, 5.41) is 12.2. The van der Waals surface area contributed by atoms with Crippen molar-refractivity contribution in [2.24, 2.45) is 18.9 Å². The van der Waals surface area contributed by atoms with Gasteiger partial charge in [-0.2, -0.15) is 5.10 Å². The molecule has 31 heavy (non-hydrogen) atoms. The van der Waals surface area contributed by atoms with E-state index in [2.05, 4.69) is 53.0 Å². The Hall–Kier alpha value is -2.38. The fourth-order valence-electron chi connectivity index (χ4n) is 5.17. The van der Waals surface area contributed by atoms with Crippen LogP contribution in [0.25, 0.3) is 0 Å². The molecule has 0 unspecified atom stereocenters. The number of likely N-dealkylation sites (tertiary alicyclic amines) is 2. The Morgan fingerprint density at radius 3 is 2.58 bits per heavy atom. The minimum Gasteiger partial charge on any atom is -0.483 e. The number of rotatable bonds is 4. The zero-order valence-electron chi connectivity index (χ0n) is 18.6. The molecule has 3 heterocycles. The molecule has 168 valence electrons. The minimum absolute atomic E-state index is 0.170. The van der Waals surface area contributed by atoms with E-state index in [0.717, 1.165) is 49.0 Å². The second kappa shape index (κ2) is 9.83. The van der Waals surface area contributed by atoms with Gasteiger partial charge in [0.1, 0.15) is 5.15 Å². The van der Waals surface area contributed by atoms with Crippen molar-refractivity contribution < 1.29 is 14.7 Å². The predicted octanol–water partition coefficient (Wildman–Crippen LogP) is 3.30. The number of aromatic nitrogens is 2. The van der Waals surface area contributed by atoms with Gasteiger partial charge in [-0.3, -0.25) is 19.2 Å². The largest absolute Gasteiger partial charge is 0.483 e. The van der Waals surface area contributed by atoms with E-state index >= 15 is 0 Å². The van der Waals surface area contributed by atoms with Crippen molar-refractivity contribution in [3.8, 4) is 0 Å². The third-order valence-corrected chi connectivity index (χ3v) is 6.99. The standard InChI is InChI=1S/C22H29ClN4O.CH2O2/c1-5-20-19(22(23)25(4)24-20)13-26-10-16-11-27(15(3)28)21(18(16)12-26)17-9-7-6-8-14(17)2;2-1-3/h6-9,16,18,21H,5,10-13H2,1-4H3;1H,(H,2,3)/t16-,18-,21-;/m1./s1. The number of hydrogen-bond acceptors (Lipinski definition) is 4. The monoisotopic (exact) mass is 446 g/mol. The average Bonchev–Trinajstić information content (AvgIpc) is 3.36. The number of amides is 1. The molecule has 1 aromatic heterocycles. The Labute approximate surface area is 188 Å². The van der Waals surface area contributed by atoms with Gasteiger partial charge in [0.2, 0.25) is 5.91 Å². The van der Waals surface area contributed by atoms with E-state index in [1.807, 2.05) is 7.05 Å². The first-order valence-corrected chi connectivity index (χ1v) is 11.0. The van der Waals surface area contributed by atoms with Crippen LogP contribution in [0.2, 0.25) is 5.15 Å². The molecule has 2 aliphatic heterocycles. The highest BCUT2D eigenvalue weighted by Crippen LogP contribution is 2.46. The first-order chi connectivity index (χ1) is 14.8. The molecule has 3 atom stereocenters.